The van der Waals surface area contributed by atoms with Gasteiger partial charge < -0.3 is 4.74 Å². The number of carbonyl (C=O) groups excluding carboxylic acids is 2. The molecule has 1 atom stereocenters. The van der Waals surface area contributed by atoms with Crippen LogP contribution in [0.1, 0.15) is 39.8 Å². The van der Waals surface area contributed by atoms with Crippen molar-refractivity contribution in [2.75, 3.05) is 7.11 Å². The molecule has 1 aromatic heterocycles. The lowest BCUT2D eigenvalue weighted by atomic mass is 10.0. The van der Waals surface area contributed by atoms with Crippen LogP contribution in [0.2, 0.25) is 0 Å². The van der Waals surface area contributed by atoms with Crippen LogP contribution in [-0.2, 0) is 9.53 Å². The highest BCUT2D eigenvalue weighted by molar-refractivity contribution is 5.98. The molecule has 0 aliphatic rings. The maximum atomic E-state index is 12.4. The van der Waals surface area contributed by atoms with E-state index in [0.717, 1.165) is 17.0 Å². The predicted molar refractivity (Wildman–Crippen MR) is 82.9 cm³/mol. The third-order valence-corrected chi connectivity index (χ3v) is 3.57. The molecule has 0 saturated heterocycles. The highest BCUT2D eigenvalue weighted by Crippen LogP contribution is 2.19. The number of methoxy groups -OCH3 is 1. The molecule has 0 N–H and O–H groups in total. The summed E-state index contributed by atoms with van der Waals surface area (Å²) in [6, 6.07) is 8.42. The van der Waals surface area contributed by atoms with Crippen LogP contribution < -0.4 is 0 Å². The van der Waals surface area contributed by atoms with Crippen LogP contribution in [0.15, 0.2) is 30.3 Å². The molecule has 0 bridgehead atoms. The smallest absolute Gasteiger partial charge is 0.331 e. The number of Topliss-reactive ketones (excluding diaryl/α,β-unsaturated/α-hetero) is 1. The number of aryl methyl sites for hydroxylation is 3. The van der Waals surface area contributed by atoms with Gasteiger partial charge in [0, 0.05) is 17.7 Å². The van der Waals surface area contributed by atoms with Crippen LogP contribution in [0, 0.1) is 20.8 Å². The Kier molecular flexibility index (Phi) is 4.75. The van der Waals surface area contributed by atoms with Crippen molar-refractivity contribution < 1.29 is 14.3 Å². The van der Waals surface area contributed by atoms with Gasteiger partial charge >= 0.3 is 5.97 Å². The van der Waals surface area contributed by atoms with Gasteiger partial charge in [-0.15, -0.1) is 0 Å². The van der Waals surface area contributed by atoms with Gasteiger partial charge in [0.25, 0.3) is 0 Å². The molecule has 1 aromatic carbocycles. The molecule has 22 heavy (non-hydrogen) atoms. The van der Waals surface area contributed by atoms with E-state index in [4.69, 9.17) is 4.74 Å². The molecule has 0 amide bonds. The minimum atomic E-state index is -0.743. The molecule has 0 aliphatic carbocycles. The first-order chi connectivity index (χ1) is 10.4. The first-order valence-corrected chi connectivity index (χ1v) is 7.13. The zero-order valence-electron chi connectivity index (χ0n) is 13.3. The van der Waals surface area contributed by atoms with Gasteiger partial charge in [-0.05, 0) is 26.8 Å². The molecule has 116 valence electrons. The molecular formula is C17H20N2O3. The van der Waals surface area contributed by atoms with Crippen LogP contribution >= 0.6 is 0 Å². The maximum Gasteiger partial charge on any atom is 0.331 e. The quantitative estimate of drug-likeness (QED) is 0.629. The van der Waals surface area contributed by atoms with E-state index in [9.17, 15) is 9.59 Å². The van der Waals surface area contributed by atoms with E-state index in [1.54, 1.807) is 16.8 Å². The molecule has 0 unspecified atom stereocenters. The van der Waals surface area contributed by atoms with Crippen molar-refractivity contribution in [1.29, 1.82) is 0 Å². The summed E-state index contributed by atoms with van der Waals surface area (Å²) >= 11 is 0. The summed E-state index contributed by atoms with van der Waals surface area (Å²) < 4.78 is 6.40. The summed E-state index contributed by atoms with van der Waals surface area (Å²) in [5.41, 5.74) is 3.29. The fraction of sp³-hybridized carbons (Fsp3) is 0.353. The number of nitrogens with zero attached hydrogens (tertiary/aromatic N) is 2. The highest BCUT2D eigenvalue weighted by atomic mass is 16.5. The van der Waals surface area contributed by atoms with Crippen molar-refractivity contribution in [2.45, 2.75) is 33.2 Å². The zero-order chi connectivity index (χ0) is 16.3. The third kappa shape index (κ3) is 3.42. The van der Waals surface area contributed by atoms with Crippen LogP contribution in [0.3, 0.4) is 0 Å². The van der Waals surface area contributed by atoms with E-state index in [1.807, 2.05) is 39.0 Å². The molecule has 5 heteroatoms. The summed E-state index contributed by atoms with van der Waals surface area (Å²) in [5, 5.41) is 4.30. The van der Waals surface area contributed by atoms with Gasteiger partial charge in [-0.2, -0.15) is 5.10 Å². The van der Waals surface area contributed by atoms with Crippen molar-refractivity contribution in [2.24, 2.45) is 0 Å². The number of aromatic nitrogens is 2. The minimum absolute atomic E-state index is 0.0255. The van der Waals surface area contributed by atoms with Crippen LogP contribution in [0.4, 0.5) is 0 Å². The van der Waals surface area contributed by atoms with E-state index in [0.29, 0.717) is 5.56 Å². The van der Waals surface area contributed by atoms with Gasteiger partial charge in [0.1, 0.15) is 0 Å². The molecule has 0 radical (unpaired) electrons. The molecule has 1 heterocycles. The fourth-order valence-corrected chi connectivity index (χ4v) is 2.40. The van der Waals surface area contributed by atoms with Crippen molar-refractivity contribution in [3.05, 3.63) is 52.8 Å². The van der Waals surface area contributed by atoms with Gasteiger partial charge in [0.2, 0.25) is 0 Å². The lowest BCUT2D eigenvalue weighted by Crippen LogP contribution is -2.25. The summed E-state index contributed by atoms with van der Waals surface area (Å²) in [6.45, 7) is 5.66. The Labute approximate surface area is 129 Å². The standard InChI is InChI=1S/C17H20N2O3/c1-11-5-7-14(8-6-11)16(20)10-15(17(21)22-4)19-13(3)9-12(2)18-19/h5-9,15H,10H2,1-4H3/t15-/m0/s1. The van der Waals surface area contributed by atoms with Crippen molar-refractivity contribution >= 4 is 11.8 Å². The molecule has 0 spiro atoms. The average molecular weight is 300 g/mol. The largest absolute Gasteiger partial charge is 0.467 e. The third-order valence-electron chi connectivity index (χ3n) is 3.57. The summed E-state index contributed by atoms with van der Waals surface area (Å²) in [7, 11) is 1.32. The summed E-state index contributed by atoms with van der Waals surface area (Å²) in [5.74, 6) is -0.574. The molecule has 0 aliphatic heterocycles. The zero-order valence-corrected chi connectivity index (χ0v) is 13.3. The second kappa shape index (κ2) is 6.56. The molecule has 0 saturated carbocycles. The van der Waals surface area contributed by atoms with Gasteiger partial charge in [-0.1, -0.05) is 29.8 Å². The van der Waals surface area contributed by atoms with Crippen LogP contribution in [-0.4, -0.2) is 28.6 Å². The fourth-order valence-electron chi connectivity index (χ4n) is 2.40. The Morgan fingerprint density at radius 1 is 1.18 bits per heavy atom. The second-order valence-electron chi connectivity index (χ2n) is 5.40. The van der Waals surface area contributed by atoms with Gasteiger partial charge in [0.05, 0.1) is 12.8 Å². The van der Waals surface area contributed by atoms with E-state index in [1.165, 1.54) is 7.11 Å². The summed E-state index contributed by atoms with van der Waals surface area (Å²) in [6.07, 6.45) is 0.0255. The number of rotatable bonds is 5. The van der Waals surface area contributed by atoms with E-state index in [-0.39, 0.29) is 12.2 Å². The average Bonchev–Trinajstić information content (AvgIpc) is 2.83. The molecule has 0 fully saturated rings. The SMILES string of the molecule is COC(=O)[C@H](CC(=O)c1ccc(C)cc1)n1nc(C)cc1C. The Morgan fingerprint density at radius 2 is 1.82 bits per heavy atom. The lowest BCUT2D eigenvalue weighted by molar-refractivity contribution is -0.144. The molecule has 5 nitrogen and oxygen atoms in total. The predicted octanol–water partition coefficient (Wildman–Crippen LogP) is 2.80. The van der Waals surface area contributed by atoms with Gasteiger partial charge in [-0.25, -0.2) is 4.79 Å². The number of carbonyl (C=O) groups is 2. The number of benzene rings is 1. The Morgan fingerprint density at radius 3 is 2.32 bits per heavy atom. The topological polar surface area (TPSA) is 61.2 Å². The van der Waals surface area contributed by atoms with Crippen LogP contribution in [0.5, 0.6) is 0 Å². The van der Waals surface area contributed by atoms with E-state index < -0.39 is 12.0 Å². The first kappa shape index (κ1) is 15.9. The van der Waals surface area contributed by atoms with Crippen LogP contribution in [0.25, 0.3) is 0 Å². The Balaban J connectivity index is 2.27. The highest BCUT2D eigenvalue weighted by Gasteiger charge is 2.27. The normalized spacial score (nSPS) is 12.0. The molecule has 2 aromatic rings. The van der Waals surface area contributed by atoms with E-state index >= 15 is 0 Å². The monoisotopic (exact) mass is 300 g/mol. The number of esters is 1. The summed E-state index contributed by atoms with van der Waals surface area (Å²) in [4.78, 5) is 24.5. The maximum absolute atomic E-state index is 12.4. The first-order valence-electron chi connectivity index (χ1n) is 7.13. The second-order valence-corrected chi connectivity index (χ2v) is 5.40. The van der Waals surface area contributed by atoms with Crippen molar-refractivity contribution in [3.63, 3.8) is 0 Å². The lowest BCUT2D eigenvalue weighted by Gasteiger charge is -2.16. The number of ether oxygens (including phenoxy) is 1. The van der Waals surface area contributed by atoms with Gasteiger partial charge in [0.15, 0.2) is 11.8 Å². The van der Waals surface area contributed by atoms with Crippen molar-refractivity contribution in [1.82, 2.24) is 9.78 Å². The molecular weight excluding hydrogens is 280 g/mol. The Bertz CT molecular complexity index is 686. The molecule has 2 rings (SSSR count). The number of hydrogen-bond donors (Lipinski definition) is 0. The number of ketones is 1. The number of hydrogen-bond acceptors (Lipinski definition) is 4. The Hall–Kier alpha value is -2.43. The minimum Gasteiger partial charge on any atom is -0.467 e. The van der Waals surface area contributed by atoms with Gasteiger partial charge in [-0.3, -0.25) is 9.48 Å². The van der Waals surface area contributed by atoms with Crippen molar-refractivity contribution in [3.8, 4) is 0 Å². The van der Waals surface area contributed by atoms with E-state index in [2.05, 4.69) is 5.10 Å².